The van der Waals surface area contributed by atoms with E-state index in [1.54, 1.807) is 24.7 Å². The average molecular weight is 369 g/mol. The standard InChI is InChI=1S/C21H23NO5/c1-26-17-9-7-16(8-10-17)21(13-11-15(12-14-21)19(23)22-25)20(24)27-18-5-3-2-4-6-18/h2-10,15,25H,11-14H2,1H3,(H,22,23). The number of para-hydroxylation sites is 1. The Morgan fingerprint density at radius 1 is 1.00 bits per heavy atom. The molecule has 3 rings (SSSR count). The maximum absolute atomic E-state index is 13.2. The average Bonchev–Trinajstić information content (AvgIpc) is 2.74. The minimum atomic E-state index is -0.839. The summed E-state index contributed by atoms with van der Waals surface area (Å²) in [5, 5.41) is 8.89. The number of rotatable bonds is 5. The predicted molar refractivity (Wildman–Crippen MR) is 98.6 cm³/mol. The van der Waals surface area contributed by atoms with Crippen molar-refractivity contribution in [1.29, 1.82) is 0 Å². The zero-order chi connectivity index (χ0) is 19.3. The minimum Gasteiger partial charge on any atom is -0.497 e. The Morgan fingerprint density at radius 3 is 2.19 bits per heavy atom. The second-order valence-electron chi connectivity index (χ2n) is 6.76. The lowest BCUT2D eigenvalue weighted by molar-refractivity contribution is -0.145. The highest BCUT2D eigenvalue weighted by Crippen LogP contribution is 2.43. The van der Waals surface area contributed by atoms with Crippen molar-refractivity contribution in [2.45, 2.75) is 31.1 Å². The molecule has 27 heavy (non-hydrogen) atoms. The third kappa shape index (κ3) is 3.95. The molecule has 0 heterocycles. The number of hydroxylamine groups is 1. The quantitative estimate of drug-likeness (QED) is 0.366. The van der Waals surface area contributed by atoms with Crippen LogP contribution in [0.1, 0.15) is 31.2 Å². The van der Waals surface area contributed by atoms with Gasteiger partial charge in [-0.2, -0.15) is 0 Å². The van der Waals surface area contributed by atoms with Crippen LogP contribution < -0.4 is 15.0 Å². The molecule has 1 aliphatic rings. The Morgan fingerprint density at radius 2 is 1.63 bits per heavy atom. The molecule has 0 spiro atoms. The van der Waals surface area contributed by atoms with E-state index in [2.05, 4.69) is 0 Å². The van der Waals surface area contributed by atoms with Gasteiger partial charge in [0.15, 0.2) is 0 Å². The summed E-state index contributed by atoms with van der Waals surface area (Å²) in [6.45, 7) is 0. The number of carbonyl (C=O) groups is 2. The molecule has 0 bridgehead atoms. The van der Waals surface area contributed by atoms with E-state index >= 15 is 0 Å². The van der Waals surface area contributed by atoms with Crippen molar-refractivity contribution >= 4 is 11.9 Å². The van der Waals surface area contributed by atoms with E-state index in [0.29, 0.717) is 37.2 Å². The molecule has 0 saturated heterocycles. The number of ether oxygens (including phenoxy) is 2. The van der Waals surface area contributed by atoms with Gasteiger partial charge in [0, 0.05) is 5.92 Å². The van der Waals surface area contributed by atoms with Gasteiger partial charge in [0.25, 0.3) is 0 Å². The van der Waals surface area contributed by atoms with E-state index < -0.39 is 11.3 Å². The van der Waals surface area contributed by atoms with Crippen LogP contribution in [0.5, 0.6) is 11.5 Å². The number of hydrogen-bond donors (Lipinski definition) is 2. The Hall–Kier alpha value is -2.86. The Bertz CT molecular complexity index is 780. The molecule has 0 aliphatic heterocycles. The maximum Gasteiger partial charge on any atom is 0.321 e. The molecule has 142 valence electrons. The van der Waals surface area contributed by atoms with E-state index in [-0.39, 0.29) is 11.9 Å². The molecule has 1 fully saturated rings. The second kappa shape index (κ2) is 8.22. The second-order valence-corrected chi connectivity index (χ2v) is 6.76. The highest BCUT2D eigenvalue weighted by atomic mass is 16.5. The molecule has 1 aliphatic carbocycles. The van der Waals surface area contributed by atoms with Gasteiger partial charge < -0.3 is 9.47 Å². The summed E-state index contributed by atoms with van der Waals surface area (Å²) >= 11 is 0. The van der Waals surface area contributed by atoms with Crippen molar-refractivity contribution in [3.05, 3.63) is 60.2 Å². The van der Waals surface area contributed by atoms with Gasteiger partial charge in [-0.3, -0.25) is 14.8 Å². The fourth-order valence-corrected chi connectivity index (χ4v) is 3.68. The van der Waals surface area contributed by atoms with E-state index in [1.807, 2.05) is 42.5 Å². The molecule has 0 unspecified atom stereocenters. The summed E-state index contributed by atoms with van der Waals surface area (Å²) < 4.78 is 10.9. The molecule has 6 heteroatoms. The molecule has 0 radical (unpaired) electrons. The highest BCUT2D eigenvalue weighted by molar-refractivity contribution is 5.86. The molecule has 2 aromatic carbocycles. The molecule has 1 amide bonds. The smallest absolute Gasteiger partial charge is 0.321 e. The summed E-state index contributed by atoms with van der Waals surface area (Å²) in [4.78, 5) is 25.0. The van der Waals surface area contributed by atoms with Gasteiger partial charge >= 0.3 is 5.97 Å². The molecular weight excluding hydrogens is 346 g/mol. The van der Waals surface area contributed by atoms with E-state index in [9.17, 15) is 9.59 Å². The summed E-state index contributed by atoms with van der Waals surface area (Å²) in [6, 6.07) is 16.3. The van der Waals surface area contributed by atoms with Gasteiger partial charge in [-0.05, 0) is 55.5 Å². The predicted octanol–water partition coefficient (Wildman–Crippen LogP) is 3.23. The monoisotopic (exact) mass is 369 g/mol. The van der Waals surface area contributed by atoms with Crippen LogP contribution in [0.25, 0.3) is 0 Å². The number of hydrogen-bond acceptors (Lipinski definition) is 5. The summed E-state index contributed by atoms with van der Waals surface area (Å²) in [6.07, 6.45) is 1.90. The Balaban J connectivity index is 1.89. The van der Waals surface area contributed by atoms with Gasteiger partial charge in [0.1, 0.15) is 11.5 Å². The van der Waals surface area contributed by atoms with Crippen molar-refractivity contribution in [3.63, 3.8) is 0 Å². The molecule has 0 aromatic heterocycles. The van der Waals surface area contributed by atoms with Gasteiger partial charge in [-0.1, -0.05) is 30.3 Å². The number of benzene rings is 2. The zero-order valence-corrected chi connectivity index (χ0v) is 15.2. The van der Waals surface area contributed by atoms with E-state index in [4.69, 9.17) is 14.7 Å². The third-order valence-corrected chi connectivity index (χ3v) is 5.31. The first-order valence-electron chi connectivity index (χ1n) is 8.95. The van der Waals surface area contributed by atoms with Crippen LogP contribution in [0.2, 0.25) is 0 Å². The number of carbonyl (C=O) groups excluding carboxylic acids is 2. The van der Waals surface area contributed by atoms with Crippen LogP contribution in [-0.2, 0) is 15.0 Å². The number of nitrogens with one attached hydrogen (secondary N) is 1. The number of methoxy groups -OCH3 is 1. The first-order chi connectivity index (χ1) is 13.1. The normalized spacial score (nSPS) is 21.9. The van der Waals surface area contributed by atoms with Crippen molar-refractivity contribution in [1.82, 2.24) is 5.48 Å². The summed E-state index contributed by atoms with van der Waals surface area (Å²) in [7, 11) is 1.59. The van der Waals surface area contributed by atoms with Crippen LogP contribution in [0.3, 0.4) is 0 Å². The number of amides is 1. The largest absolute Gasteiger partial charge is 0.497 e. The van der Waals surface area contributed by atoms with Crippen LogP contribution in [-0.4, -0.2) is 24.2 Å². The van der Waals surface area contributed by atoms with Crippen molar-refractivity contribution in [3.8, 4) is 11.5 Å². The van der Waals surface area contributed by atoms with E-state index in [1.165, 1.54) is 0 Å². The lowest BCUT2D eigenvalue weighted by Gasteiger charge is -2.37. The Kier molecular flexibility index (Phi) is 5.76. The molecule has 6 nitrogen and oxygen atoms in total. The van der Waals surface area contributed by atoms with Crippen LogP contribution in [0, 0.1) is 5.92 Å². The van der Waals surface area contributed by atoms with Gasteiger partial charge in [0.05, 0.1) is 12.5 Å². The van der Waals surface area contributed by atoms with Crippen molar-refractivity contribution in [2.75, 3.05) is 7.11 Å². The molecule has 1 saturated carbocycles. The summed E-state index contributed by atoms with van der Waals surface area (Å²) in [5.74, 6) is 0.145. The lowest BCUT2D eigenvalue weighted by atomic mass is 9.66. The van der Waals surface area contributed by atoms with Crippen molar-refractivity contribution in [2.24, 2.45) is 5.92 Å². The Labute approximate surface area is 158 Å². The van der Waals surface area contributed by atoms with Crippen LogP contribution in [0.15, 0.2) is 54.6 Å². The fourth-order valence-electron chi connectivity index (χ4n) is 3.68. The SMILES string of the molecule is COc1ccc(C2(C(=O)Oc3ccccc3)CCC(C(=O)NO)CC2)cc1. The maximum atomic E-state index is 13.2. The van der Waals surface area contributed by atoms with Crippen LogP contribution in [0.4, 0.5) is 0 Å². The van der Waals surface area contributed by atoms with Crippen LogP contribution >= 0.6 is 0 Å². The lowest BCUT2D eigenvalue weighted by Crippen LogP contribution is -2.44. The fraction of sp³-hybridized carbons (Fsp3) is 0.333. The topological polar surface area (TPSA) is 84.9 Å². The van der Waals surface area contributed by atoms with Gasteiger partial charge in [-0.25, -0.2) is 5.48 Å². The molecule has 0 atom stereocenters. The first-order valence-corrected chi connectivity index (χ1v) is 8.95. The molecule has 2 N–H and O–H groups in total. The molecular formula is C21H23NO5. The highest BCUT2D eigenvalue weighted by Gasteiger charge is 2.46. The first kappa shape index (κ1) is 18.9. The minimum absolute atomic E-state index is 0.314. The number of esters is 1. The van der Waals surface area contributed by atoms with E-state index in [0.717, 1.165) is 5.56 Å². The van der Waals surface area contributed by atoms with Crippen molar-refractivity contribution < 1.29 is 24.3 Å². The summed E-state index contributed by atoms with van der Waals surface area (Å²) in [5.41, 5.74) is 1.72. The third-order valence-electron chi connectivity index (χ3n) is 5.31. The van der Waals surface area contributed by atoms with Gasteiger partial charge in [0.2, 0.25) is 5.91 Å². The molecule has 2 aromatic rings. The van der Waals surface area contributed by atoms with Gasteiger partial charge in [-0.15, -0.1) is 0 Å². The zero-order valence-electron chi connectivity index (χ0n) is 15.2.